The van der Waals surface area contributed by atoms with E-state index in [9.17, 15) is 9.18 Å². The fraction of sp³-hybridized carbons (Fsp3) is 0.0625. The minimum Gasteiger partial charge on any atom is -0.495 e. The van der Waals surface area contributed by atoms with Crippen molar-refractivity contribution in [1.29, 1.82) is 0 Å². The van der Waals surface area contributed by atoms with Gasteiger partial charge >= 0.3 is 0 Å². The highest BCUT2D eigenvalue weighted by Gasteiger charge is 2.13. The van der Waals surface area contributed by atoms with Crippen molar-refractivity contribution < 1.29 is 13.9 Å². The van der Waals surface area contributed by atoms with Crippen LogP contribution in [0, 0.1) is 5.82 Å². The summed E-state index contributed by atoms with van der Waals surface area (Å²) in [6.45, 7) is 0. The number of amides is 1. The third-order valence-corrected chi connectivity index (χ3v) is 3.21. The number of H-pyrrole nitrogens is 1. The van der Waals surface area contributed by atoms with Crippen molar-refractivity contribution in [2.45, 2.75) is 0 Å². The summed E-state index contributed by atoms with van der Waals surface area (Å²) < 4.78 is 18.8. The smallest absolute Gasteiger partial charge is 0.272 e. The number of carbonyl (C=O) groups excluding carboxylic acids is 1. The number of hydrogen-bond acceptors (Lipinski definition) is 2. The zero-order valence-electron chi connectivity index (χ0n) is 11.3. The van der Waals surface area contributed by atoms with Crippen LogP contribution in [-0.4, -0.2) is 18.0 Å². The van der Waals surface area contributed by atoms with E-state index in [1.54, 1.807) is 30.3 Å². The summed E-state index contributed by atoms with van der Waals surface area (Å²) in [5.74, 6) is -0.150. The molecule has 0 unspecified atom stereocenters. The summed E-state index contributed by atoms with van der Waals surface area (Å²) in [6, 6.07) is 13.3. The van der Waals surface area contributed by atoms with E-state index in [-0.39, 0.29) is 11.7 Å². The number of nitrogens with one attached hydrogen (secondary N) is 2. The number of hydrogen-bond donors (Lipinski definition) is 2. The number of halogens is 1. The number of aromatic amines is 1. The zero-order valence-corrected chi connectivity index (χ0v) is 11.3. The minimum atomic E-state index is -0.361. The van der Waals surface area contributed by atoms with E-state index in [0.717, 1.165) is 0 Å². The Balaban J connectivity index is 1.92. The molecule has 0 aliphatic rings. The highest BCUT2D eigenvalue weighted by atomic mass is 19.1. The lowest BCUT2D eigenvalue weighted by atomic mass is 10.2. The van der Waals surface area contributed by atoms with Gasteiger partial charge in [0.15, 0.2) is 0 Å². The molecule has 2 N–H and O–H groups in total. The molecular weight excluding hydrogens is 271 g/mol. The molecule has 5 heteroatoms. The first kappa shape index (κ1) is 13.2. The van der Waals surface area contributed by atoms with E-state index in [1.807, 2.05) is 6.07 Å². The Labute approximate surface area is 120 Å². The van der Waals surface area contributed by atoms with Crippen LogP contribution < -0.4 is 10.1 Å². The molecule has 0 saturated heterocycles. The number of benzene rings is 2. The summed E-state index contributed by atoms with van der Waals surface area (Å²) in [6.07, 6.45) is 0. The molecule has 0 fully saturated rings. The molecule has 1 aromatic heterocycles. The van der Waals surface area contributed by atoms with Crippen LogP contribution in [0.1, 0.15) is 10.5 Å². The van der Waals surface area contributed by atoms with Crippen molar-refractivity contribution in [2.75, 3.05) is 12.4 Å². The SMILES string of the molecule is COc1ccccc1NC(=O)c1cc2c(F)cccc2[nH]1. The molecule has 0 spiro atoms. The number of carbonyl (C=O) groups is 1. The van der Waals surface area contributed by atoms with Gasteiger partial charge in [-0.15, -0.1) is 0 Å². The average molecular weight is 284 g/mol. The van der Waals surface area contributed by atoms with Crippen LogP contribution in [0.5, 0.6) is 5.75 Å². The summed E-state index contributed by atoms with van der Waals surface area (Å²) in [4.78, 5) is 15.1. The van der Waals surface area contributed by atoms with E-state index < -0.39 is 0 Å². The predicted octanol–water partition coefficient (Wildman–Crippen LogP) is 3.57. The fourth-order valence-corrected chi connectivity index (χ4v) is 2.18. The van der Waals surface area contributed by atoms with Crippen LogP contribution in [0.15, 0.2) is 48.5 Å². The number of anilines is 1. The molecule has 0 aliphatic carbocycles. The van der Waals surface area contributed by atoms with E-state index in [0.29, 0.717) is 28.0 Å². The maximum Gasteiger partial charge on any atom is 0.272 e. The largest absolute Gasteiger partial charge is 0.495 e. The Kier molecular flexibility index (Phi) is 3.31. The highest BCUT2D eigenvalue weighted by Crippen LogP contribution is 2.24. The van der Waals surface area contributed by atoms with Crippen molar-refractivity contribution in [3.63, 3.8) is 0 Å². The van der Waals surface area contributed by atoms with Crippen LogP contribution in [0.25, 0.3) is 10.9 Å². The van der Waals surface area contributed by atoms with Crippen molar-refractivity contribution in [1.82, 2.24) is 4.98 Å². The van der Waals surface area contributed by atoms with Crippen molar-refractivity contribution in [2.24, 2.45) is 0 Å². The van der Waals surface area contributed by atoms with Gasteiger partial charge in [0.1, 0.15) is 17.3 Å². The highest BCUT2D eigenvalue weighted by molar-refractivity contribution is 6.06. The van der Waals surface area contributed by atoms with Gasteiger partial charge < -0.3 is 15.0 Å². The Hall–Kier alpha value is -2.82. The third-order valence-electron chi connectivity index (χ3n) is 3.21. The normalized spacial score (nSPS) is 10.6. The van der Waals surface area contributed by atoms with E-state index in [1.165, 1.54) is 19.2 Å². The van der Waals surface area contributed by atoms with Gasteiger partial charge in [-0.1, -0.05) is 18.2 Å². The predicted molar refractivity (Wildman–Crippen MR) is 79.2 cm³/mol. The lowest BCUT2D eigenvalue weighted by molar-refractivity contribution is 0.102. The van der Waals surface area contributed by atoms with Crippen LogP contribution in [0.4, 0.5) is 10.1 Å². The Bertz CT molecular complexity index is 811. The molecular formula is C16H13FN2O2. The summed E-state index contributed by atoms with van der Waals surface area (Å²) >= 11 is 0. The van der Waals surface area contributed by atoms with Crippen LogP contribution in [-0.2, 0) is 0 Å². The third kappa shape index (κ3) is 2.45. The molecule has 2 aromatic carbocycles. The number of methoxy groups -OCH3 is 1. The zero-order chi connectivity index (χ0) is 14.8. The second-order valence-electron chi connectivity index (χ2n) is 4.54. The molecule has 4 nitrogen and oxygen atoms in total. The molecule has 106 valence electrons. The number of para-hydroxylation sites is 2. The van der Waals surface area contributed by atoms with Gasteiger partial charge in [0.05, 0.1) is 12.8 Å². The van der Waals surface area contributed by atoms with Crippen molar-refractivity contribution in [3.05, 3.63) is 60.0 Å². The molecule has 1 heterocycles. The van der Waals surface area contributed by atoms with Gasteiger partial charge in [-0.3, -0.25) is 4.79 Å². The first-order valence-electron chi connectivity index (χ1n) is 6.40. The quantitative estimate of drug-likeness (QED) is 0.772. The second kappa shape index (κ2) is 5.28. The molecule has 0 saturated carbocycles. The van der Waals surface area contributed by atoms with Crippen molar-refractivity contribution in [3.8, 4) is 5.75 Å². The molecule has 0 atom stereocenters. The lowest BCUT2D eigenvalue weighted by Crippen LogP contribution is -2.12. The second-order valence-corrected chi connectivity index (χ2v) is 4.54. The van der Waals surface area contributed by atoms with E-state index in [4.69, 9.17) is 4.74 Å². The summed E-state index contributed by atoms with van der Waals surface area (Å²) in [5, 5.41) is 3.13. The molecule has 3 rings (SSSR count). The number of rotatable bonds is 3. The van der Waals surface area contributed by atoms with E-state index in [2.05, 4.69) is 10.3 Å². The van der Waals surface area contributed by atoms with Gasteiger partial charge in [-0.25, -0.2) is 4.39 Å². The average Bonchev–Trinajstić information content (AvgIpc) is 2.93. The topological polar surface area (TPSA) is 54.1 Å². The summed E-state index contributed by atoms with van der Waals surface area (Å²) in [5.41, 5.74) is 1.44. The molecule has 0 radical (unpaired) electrons. The Morgan fingerprint density at radius 1 is 1.19 bits per heavy atom. The number of fused-ring (bicyclic) bond motifs is 1. The molecule has 1 amide bonds. The minimum absolute atomic E-state index is 0.293. The molecule has 21 heavy (non-hydrogen) atoms. The molecule has 0 bridgehead atoms. The van der Waals surface area contributed by atoms with Gasteiger partial charge in [0, 0.05) is 10.9 Å². The van der Waals surface area contributed by atoms with Gasteiger partial charge in [-0.2, -0.15) is 0 Å². The maximum absolute atomic E-state index is 13.6. The van der Waals surface area contributed by atoms with Gasteiger partial charge in [0.2, 0.25) is 0 Å². The summed E-state index contributed by atoms with van der Waals surface area (Å²) in [7, 11) is 1.53. The first-order chi connectivity index (χ1) is 10.2. The number of aromatic nitrogens is 1. The maximum atomic E-state index is 13.6. The van der Waals surface area contributed by atoms with Crippen LogP contribution in [0.3, 0.4) is 0 Å². The monoisotopic (exact) mass is 284 g/mol. The fourth-order valence-electron chi connectivity index (χ4n) is 2.18. The number of ether oxygens (including phenoxy) is 1. The van der Waals surface area contributed by atoms with Gasteiger partial charge in [-0.05, 0) is 30.3 Å². The first-order valence-corrected chi connectivity index (χ1v) is 6.40. The van der Waals surface area contributed by atoms with Crippen LogP contribution in [0.2, 0.25) is 0 Å². The van der Waals surface area contributed by atoms with Crippen molar-refractivity contribution >= 4 is 22.5 Å². The van der Waals surface area contributed by atoms with E-state index >= 15 is 0 Å². The standard InChI is InChI=1S/C16H13FN2O2/c1-21-15-8-3-2-6-13(15)19-16(20)14-9-10-11(17)5-4-7-12(10)18-14/h2-9,18H,1H3,(H,19,20). The Morgan fingerprint density at radius 3 is 2.76 bits per heavy atom. The Morgan fingerprint density at radius 2 is 2.00 bits per heavy atom. The van der Waals surface area contributed by atoms with Crippen LogP contribution >= 0.6 is 0 Å². The molecule has 3 aromatic rings. The van der Waals surface area contributed by atoms with Gasteiger partial charge in [0.25, 0.3) is 5.91 Å². The molecule has 0 aliphatic heterocycles. The lowest BCUT2D eigenvalue weighted by Gasteiger charge is -2.08.